The smallest absolute Gasteiger partial charge is 0.141 e. The molecule has 0 spiro atoms. The second kappa shape index (κ2) is 8.56. The topological polar surface area (TPSA) is 21.3 Å². The van der Waals surface area contributed by atoms with Crippen molar-refractivity contribution < 1.29 is 9.13 Å². The molecule has 0 fully saturated rings. The molecule has 3 aromatic carbocycles. The van der Waals surface area contributed by atoms with E-state index in [1.54, 1.807) is 12.1 Å². The molecule has 5 heteroatoms. The first-order chi connectivity index (χ1) is 12.5. The van der Waals surface area contributed by atoms with Crippen LogP contribution in [0.1, 0.15) is 16.7 Å². The fraction of sp³-hybridized carbons (Fsp3) is 0.143. The highest BCUT2D eigenvalue weighted by atomic mass is 79.9. The number of hydrogen-bond donors (Lipinski definition) is 1. The van der Waals surface area contributed by atoms with Gasteiger partial charge in [0.15, 0.2) is 0 Å². The number of nitrogens with one attached hydrogen (secondary N) is 1. The predicted octanol–water partition coefficient (Wildman–Crippen LogP) is 6.74. The van der Waals surface area contributed by atoms with E-state index in [9.17, 15) is 4.39 Å². The third kappa shape index (κ3) is 4.99. The Kier molecular flexibility index (Phi) is 6.17. The molecule has 0 radical (unpaired) electrons. The summed E-state index contributed by atoms with van der Waals surface area (Å²) in [4.78, 5) is 0. The van der Waals surface area contributed by atoms with Crippen LogP contribution < -0.4 is 10.1 Å². The summed E-state index contributed by atoms with van der Waals surface area (Å²) in [5.41, 5.74) is 4.20. The second-order valence-electron chi connectivity index (χ2n) is 6.02. The highest BCUT2D eigenvalue weighted by Crippen LogP contribution is 2.27. The van der Waals surface area contributed by atoms with Gasteiger partial charge < -0.3 is 10.1 Å². The lowest BCUT2D eigenvalue weighted by molar-refractivity contribution is 0.304. The van der Waals surface area contributed by atoms with Crippen LogP contribution in [0.5, 0.6) is 5.75 Å². The quantitative estimate of drug-likeness (QED) is 0.464. The van der Waals surface area contributed by atoms with Crippen LogP contribution in [0, 0.1) is 12.7 Å². The van der Waals surface area contributed by atoms with Gasteiger partial charge in [0, 0.05) is 12.2 Å². The Labute approximate surface area is 166 Å². The molecule has 26 heavy (non-hydrogen) atoms. The number of hydrogen-bond acceptors (Lipinski definition) is 2. The maximum absolute atomic E-state index is 13.2. The molecule has 3 aromatic rings. The van der Waals surface area contributed by atoms with Gasteiger partial charge in [0.25, 0.3) is 0 Å². The summed E-state index contributed by atoms with van der Waals surface area (Å²) in [5, 5.41) is 3.33. The van der Waals surface area contributed by atoms with Gasteiger partial charge >= 0.3 is 0 Å². The van der Waals surface area contributed by atoms with E-state index < -0.39 is 5.82 Å². The van der Waals surface area contributed by atoms with E-state index >= 15 is 0 Å². The van der Waals surface area contributed by atoms with Crippen molar-refractivity contribution >= 4 is 33.2 Å². The van der Waals surface area contributed by atoms with Gasteiger partial charge in [-0.2, -0.15) is 0 Å². The summed E-state index contributed by atoms with van der Waals surface area (Å²) in [6, 6.07) is 18.8. The lowest BCUT2D eigenvalue weighted by atomic mass is 10.2. The first-order valence-electron chi connectivity index (χ1n) is 8.17. The summed E-state index contributed by atoms with van der Waals surface area (Å²) in [6.45, 7) is 3.18. The van der Waals surface area contributed by atoms with Crippen LogP contribution >= 0.6 is 27.5 Å². The molecule has 134 valence electrons. The maximum atomic E-state index is 13.2. The van der Waals surface area contributed by atoms with E-state index in [1.165, 1.54) is 11.6 Å². The minimum atomic E-state index is -0.421. The van der Waals surface area contributed by atoms with Crippen LogP contribution in [0.3, 0.4) is 0 Å². The number of halogens is 3. The molecule has 3 rings (SSSR count). The van der Waals surface area contributed by atoms with Gasteiger partial charge in [-0.15, -0.1) is 0 Å². The van der Waals surface area contributed by atoms with Gasteiger partial charge in [-0.1, -0.05) is 47.5 Å². The number of rotatable bonds is 6. The van der Waals surface area contributed by atoms with Crippen LogP contribution in [0.15, 0.2) is 65.1 Å². The summed E-state index contributed by atoms with van der Waals surface area (Å²) in [7, 11) is 0. The maximum Gasteiger partial charge on any atom is 0.141 e. The zero-order chi connectivity index (χ0) is 18.5. The van der Waals surface area contributed by atoms with Crippen LogP contribution in [0.4, 0.5) is 10.1 Å². The Morgan fingerprint density at radius 1 is 1.00 bits per heavy atom. The number of aryl methyl sites for hydroxylation is 1. The molecule has 0 unspecified atom stereocenters. The molecule has 0 saturated carbocycles. The fourth-order valence-corrected chi connectivity index (χ4v) is 3.15. The monoisotopic (exact) mass is 433 g/mol. The molecular weight excluding hydrogens is 417 g/mol. The largest absolute Gasteiger partial charge is 0.488 e. The van der Waals surface area contributed by atoms with Gasteiger partial charge in [-0.05, 0) is 64.3 Å². The van der Waals surface area contributed by atoms with Crippen LogP contribution in [0.25, 0.3) is 0 Å². The molecule has 0 heterocycles. The first kappa shape index (κ1) is 18.7. The van der Waals surface area contributed by atoms with E-state index in [-0.39, 0.29) is 5.02 Å². The van der Waals surface area contributed by atoms with Gasteiger partial charge in [0.1, 0.15) is 18.2 Å². The molecule has 2 nitrogen and oxygen atoms in total. The fourth-order valence-electron chi connectivity index (χ4n) is 2.43. The van der Waals surface area contributed by atoms with E-state index in [0.29, 0.717) is 13.2 Å². The van der Waals surface area contributed by atoms with Crippen molar-refractivity contribution in [2.24, 2.45) is 0 Å². The zero-order valence-corrected chi connectivity index (χ0v) is 16.6. The lowest BCUT2D eigenvalue weighted by Gasteiger charge is -2.11. The number of anilines is 1. The summed E-state index contributed by atoms with van der Waals surface area (Å²) >= 11 is 9.35. The van der Waals surface area contributed by atoms with Gasteiger partial charge in [-0.3, -0.25) is 0 Å². The van der Waals surface area contributed by atoms with Gasteiger partial charge in [0.05, 0.1) is 9.50 Å². The average Bonchev–Trinajstić information content (AvgIpc) is 2.63. The van der Waals surface area contributed by atoms with Crippen molar-refractivity contribution in [1.29, 1.82) is 0 Å². The molecule has 0 atom stereocenters. The highest BCUT2D eigenvalue weighted by molar-refractivity contribution is 9.10. The van der Waals surface area contributed by atoms with Crippen molar-refractivity contribution in [3.05, 3.63) is 92.7 Å². The predicted molar refractivity (Wildman–Crippen MR) is 108 cm³/mol. The Morgan fingerprint density at radius 2 is 1.73 bits per heavy atom. The van der Waals surface area contributed by atoms with Crippen molar-refractivity contribution in [3.63, 3.8) is 0 Å². The minimum Gasteiger partial charge on any atom is -0.488 e. The van der Waals surface area contributed by atoms with Gasteiger partial charge in [0.2, 0.25) is 0 Å². The van der Waals surface area contributed by atoms with Crippen molar-refractivity contribution in [2.45, 2.75) is 20.1 Å². The van der Waals surface area contributed by atoms with Crippen LogP contribution in [0.2, 0.25) is 5.02 Å². The summed E-state index contributed by atoms with van der Waals surface area (Å²) in [5.74, 6) is 0.370. The Balaban J connectivity index is 1.59. The van der Waals surface area contributed by atoms with E-state index in [0.717, 1.165) is 27.0 Å². The van der Waals surface area contributed by atoms with Crippen LogP contribution in [-0.2, 0) is 13.2 Å². The Bertz CT molecular complexity index is 899. The average molecular weight is 435 g/mol. The molecule has 0 saturated heterocycles. The van der Waals surface area contributed by atoms with E-state index in [1.807, 2.05) is 18.2 Å². The number of benzene rings is 3. The molecular formula is C21H18BrClFNO. The SMILES string of the molecule is Cc1ccc(COc2ccc(CNc3ccc(F)c(Cl)c3)cc2Br)cc1. The third-order valence-corrected chi connectivity index (χ3v) is 4.84. The second-order valence-corrected chi connectivity index (χ2v) is 7.28. The highest BCUT2D eigenvalue weighted by Gasteiger charge is 2.05. The molecule has 0 amide bonds. The molecule has 0 aromatic heterocycles. The molecule has 0 bridgehead atoms. The van der Waals surface area contributed by atoms with Crippen molar-refractivity contribution in [3.8, 4) is 5.75 Å². The molecule has 0 aliphatic carbocycles. The normalized spacial score (nSPS) is 10.6. The number of ether oxygens (including phenoxy) is 1. The molecule has 1 N–H and O–H groups in total. The van der Waals surface area contributed by atoms with Crippen LogP contribution in [-0.4, -0.2) is 0 Å². The molecule has 0 aliphatic rings. The van der Waals surface area contributed by atoms with Crippen molar-refractivity contribution in [2.75, 3.05) is 5.32 Å². The Hall–Kier alpha value is -2.04. The Morgan fingerprint density at radius 3 is 2.42 bits per heavy atom. The van der Waals surface area contributed by atoms with Gasteiger partial charge in [-0.25, -0.2) is 4.39 Å². The standard InChI is InChI=1S/C21H18BrClFNO/c1-14-2-4-15(5-3-14)13-26-21-9-6-16(10-18(21)22)12-25-17-7-8-20(24)19(23)11-17/h2-11,25H,12-13H2,1H3. The summed E-state index contributed by atoms with van der Waals surface area (Å²) in [6.07, 6.45) is 0. The first-order valence-corrected chi connectivity index (χ1v) is 9.34. The zero-order valence-electron chi connectivity index (χ0n) is 14.2. The molecule has 0 aliphatic heterocycles. The van der Waals surface area contributed by atoms with E-state index in [4.69, 9.17) is 16.3 Å². The van der Waals surface area contributed by atoms with Crippen molar-refractivity contribution in [1.82, 2.24) is 0 Å². The summed E-state index contributed by atoms with van der Waals surface area (Å²) < 4.78 is 20.0. The lowest BCUT2D eigenvalue weighted by Crippen LogP contribution is -2.01. The van der Waals surface area contributed by atoms with E-state index in [2.05, 4.69) is 52.4 Å². The third-order valence-electron chi connectivity index (χ3n) is 3.93. The minimum absolute atomic E-state index is 0.107.